The van der Waals surface area contributed by atoms with Crippen molar-refractivity contribution in [2.75, 3.05) is 39.8 Å². The maximum atomic E-state index is 12.5. The van der Waals surface area contributed by atoms with Crippen molar-refractivity contribution in [3.8, 4) is 0 Å². The smallest absolute Gasteiger partial charge is 0.251 e. The van der Waals surface area contributed by atoms with Gasteiger partial charge >= 0.3 is 0 Å². The van der Waals surface area contributed by atoms with Crippen LogP contribution >= 0.6 is 0 Å². The molecule has 0 saturated carbocycles. The fraction of sp³-hybridized carbons (Fsp3) is 0.750. The second-order valence-corrected chi connectivity index (χ2v) is 7.45. The number of aromatic nitrogens is 1. The van der Waals surface area contributed by atoms with Crippen LogP contribution in [0.15, 0.2) is 15.6 Å². The van der Waals surface area contributed by atoms with E-state index in [9.17, 15) is 4.79 Å². The van der Waals surface area contributed by atoms with E-state index in [4.69, 9.17) is 9.26 Å². The number of guanidine groups is 1. The number of hydrogen-bond donors (Lipinski definition) is 1. The highest BCUT2D eigenvalue weighted by Crippen LogP contribution is 2.22. The van der Waals surface area contributed by atoms with Crippen molar-refractivity contribution in [3.63, 3.8) is 0 Å². The van der Waals surface area contributed by atoms with E-state index in [-0.39, 0.29) is 12.0 Å². The van der Waals surface area contributed by atoms with Crippen LogP contribution in [-0.2, 0) is 16.1 Å². The van der Waals surface area contributed by atoms with Gasteiger partial charge in [0.2, 0.25) is 0 Å². The van der Waals surface area contributed by atoms with Crippen LogP contribution in [0.25, 0.3) is 0 Å². The number of piperazine rings is 1. The molecule has 1 unspecified atom stereocenters. The van der Waals surface area contributed by atoms with Crippen molar-refractivity contribution in [3.05, 3.63) is 17.5 Å². The van der Waals surface area contributed by atoms with Gasteiger partial charge in [-0.25, -0.2) is 0 Å². The van der Waals surface area contributed by atoms with Crippen molar-refractivity contribution in [2.45, 2.75) is 58.1 Å². The van der Waals surface area contributed by atoms with E-state index in [0.717, 1.165) is 56.2 Å². The summed E-state index contributed by atoms with van der Waals surface area (Å²) in [4.78, 5) is 21.0. The Kier molecular flexibility index (Phi) is 7.30. The molecular formula is C20H33N5O3. The van der Waals surface area contributed by atoms with Gasteiger partial charge in [-0.2, -0.15) is 0 Å². The first-order chi connectivity index (χ1) is 13.7. The molecule has 0 bridgehead atoms. The van der Waals surface area contributed by atoms with E-state index in [0.29, 0.717) is 32.2 Å². The first-order valence-electron chi connectivity index (χ1n) is 10.5. The van der Waals surface area contributed by atoms with E-state index in [1.165, 1.54) is 0 Å². The standard InChI is InChI=1S/C20H33N5O3/c1-4-15(5-2)17-13-16(28-23-17)14-22-20(21-3)25-10-8-24(9-11-25)19(26)18-7-6-12-27-18/h13,15,18H,4-12,14H2,1-3H3,(H,21,22). The maximum Gasteiger partial charge on any atom is 0.251 e. The van der Waals surface area contributed by atoms with Crippen LogP contribution in [0.2, 0.25) is 0 Å². The Morgan fingerprint density at radius 3 is 2.61 bits per heavy atom. The summed E-state index contributed by atoms with van der Waals surface area (Å²) in [6.45, 7) is 8.50. The van der Waals surface area contributed by atoms with Crippen LogP contribution in [0.4, 0.5) is 0 Å². The Hall–Kier alpha value is -2.09. The average Bonchev–Trinajstić information content (AvgIpc) is 3.42. The summed E-state index contributed by atoms with van der Waals surface area (Å²) in [7, 11) is 1.78. The molecule has 3 heterocycles. The summed E-state index contributed by atoms with van der Waals surface area (Å²) >= 11 is 0. The van der Waals surface area contributed by atoms with Gasteiger partial charge in [0.15, 0.2) is 11.7 Å². The zero-order valence-electron chi connectivity index (χ0n) is 17.3. The number of carbonyl (C=O) groups is 1. The molecule has 2 saturated heterocycles. The molecule has 2 aliphatic rings. The van der Waals surface area contributed by atoms with Crippen LogP contribution in [0.3, 0.4) is 0 Å². The van der Waals surface area contributed by atoms with Crippen molar-refractivity contribution in [1.82, 2.24) is 20.3 Å². The lowest BCUT2D eigenvalue weighted by molar-refractivity contribution is -0.142. The lowest BCUT2D eigenvalue weighted by atomic mass is 9.99. The third kappa shape index (κ3) is 4.84. The minimum atomic E-state index is -0.236. The highest BCUT2D eigenvalue weighted by atomic mass is 16.5. The van der Waals surface area contributed by atoms with Crippen molar-refractivity contribution >= 4 is 11.9 Å². The monoisotopic (exact) mass is 391 g/mol. The van der Waals surface area contributed by atoms with Crippen molar-refractivity contribution in [2.24, 2.45) is 4.99 Å². The molecule has 1 N–H and O–H groups in total. The molecule has 8 nitrogen and oxygen atoms in total. The first-order valence-corrected chi connectivity index (χ1v) is 10.5. The predicted molar refractivity (Wildman–Crippen MR) is 107 cm³/mol. The molecule has 0 aliphatic carbocycles. The summed E-state index contributed by atoms with van der Waals surface area (Å²) in [5.41, 5.74) is 1.03. The molecule has 156 valence electrons. The van der Waals surface area contributed by atoms with Gasteiger partial charge in [0, 0.05) is 51.8 Å². The van der Waals surface area contributed by atoms with E-state index in [2.05, 4.69) is 34.2 Å². The summed E-state index contributed by atoms with van der Waals surface area (Å²) in [6, 6.07) is 2.04. The van der Waals surface area contributed by atoms with Crippen LogP contribution < -0.4 is 5.32 Å². The summed E-state index contributed by atoms with van der Waals surface area (Å²) in [6.07, 6.45) is 3.71. The van der Waals surface area contributed by atoms with Crippen LogP contribution in [-0.4, -0.2) is 72.8 Å². The topological polar surface area (TPSA) is 83.2 Å². The largest absolute Gasteiger partial charge is 0.368 e. The predicted octanol–water partition coefficient (Wildman–Crippen LogP) is 1.98. The molecule has 0 aromatic carbocycles. The molecule has 0 spiro atoms. The Balaban J connectivity index is 1.48. The van der Waals surface area contributed by atoms with E-state index in [1.807, 2.05) is 11.0 Å². The van der Waals surface area contributed by atoms with Crippen LogP contribution in [0, 0.1) is 0 Å². The van der Waals surface area contributed by atoms with E-state index < -0.39 is 0 Å². The number of hydrogen-bond acceptors (Lipinski definition) is 5. The highest BCUT2D eigenvalue weighted by molar-refractivity contribution is 5.82. The molecule has 8 heteroatoms. The second-order valence-electron chi connectivity index (χ2n) is 7.45. The Morgan fingerprint density at radius 2 is 2.00 bits per heavy atom. The number of carbonyl (C=O) groups excluding carboxylic acids is 1. The molecule has 28 heavy (non-hydrogen) atoms. The SMILES string of the molecule is CCC(CC)c1cc(CNC(=NC)N2CCN(C(=O)C3CCCO3)CC2)on1. The number of ether oxygens (including phenoxy) is 1. The zero-order valence-corrected chi connectivity index (χ0v) is 17.3. The Labute approximate surface area is 167 Å². The molecule has 1 aromatic rings. The minimum Gasteiger partial charge on any atom is -0.368 e. The molecule has 3 rings (SSSR count). The zero-order chi connectivity index (χ0) is 19.9. The first kappa shape index (κ1) is 20.6. The van der Waals surface area contributed by atoms with Gasteiger partial charge < -0.3 is 24.4 Å². The lowest BCUT2D eigenvalue weighted by Gasteiger charge is -2.37. The van der Waals surface area contributed by atoms with Gasteiger partial charge in [-0.3, -0.25) is 9.79 Å². The van der Waals surface area contributed by atoms with Crippen LogP contribution in [0.1, 0.15) is 56.9 Å². The number of nitrogens with one attached hydrogen (secondary N) is 1. The summed E-state index contributed by atoms with van der Waals surface area (Å²) in [5, 5.41) is 7.57. The van der Waals surface area contributed by atoms with Crippen molar-refractivity contribution in [1.29, 1.82) is 0 Å². The lowest BCUT2D eigenvalue weighted by Crippen LogP contribution is -2.55. The fourth-order valence-electron chi connectivity index (χ4n) is 3.92. The second kappa shape index (κ2) is 9.91. The van der Waals surface area contributed by atoms with Gasteiger partial charge in [-0.1, -0.05) is 19.0 Å². The molecule has 1 amide bonds. The summed E-state index contributed by atoms with van der Waals surface area (Å²) in [5.74, 6) is 2.22. The number of rotatable bonds is 6. The fourth-order valence-corrected chi connectivity index (χ4v) is 3.92. The minimum absolute atomic E-state index is 0.135. The van der Waals surface area contributed by atoms with Gasteiger partial charge in [-0.05, 0) is 25.7 Å². The normalized spacial score (nSPS) is 20.9. The average molecular weight is 392 g/mol. The number of aliphatic imine (C=N–C) groups is 1. The Bertz CT molecular complexity index is 657. The Morgan fingerprint density at radius 1 is 1.29 bits per heavy atom. The van der Waals surface area contributed by atoms with Crippen LogP contribution in [0.5, 0.6) is 0 Å². The third-order valence-corrected chi connectivity index (χ3v) is 5.71. The third-order valence-electron chi connectivity index (χ3n) is 5.71. The summed E-state index contributed by atoms with van der Waals surface area (Å²) < 4.78 is 11.0. The molecule has 2 aliphatic heterocycles. The quantitative estimate of drug-likeness (QED) is 0.590. The molecule has 0 radical (unpaired) electrons. The number of amides is 1. The van der Waals surface area contributed by atoms with E-state index in [1.54, 1.807) is 7.05 Å². The van der Waals surface area contributed by atoms with Gasteiger partial charge in [0.25, 0.3) is 5.91 Å². The van der Waals surface area contributed by atoms with Gasteiger partial charge in [0.1, 0.15) is 6.10 Å². The highest BCUT2D eigenvalue weighted by Gasteiger charge is 2.30. The van der Waals surface area contributed by atoms with E-state index >= 15 is 0 Å². The molecule has 2 fully saturated rings. The molecule has 1 aromatic heterocycles. The molecule has 1 atom stereocenters. The van der Waals surface area contributed by atoms with Gasteiger partial charge in [0.05, 0.1) is 12.2 Å². The van der Waals surface area contributed by atoms with Gasteiger partial charge in [-0.15, -0.1) is 0 Å². The van der Waals surface area contributed by atoms with Crippen molar-refractivity contribution < 1.29 is 14.1 Å². The molecular weight excluding hydrogens is 358 g/mol. The number of nitrogens with zero attached hydrogens (tertiary/aromatic N) is 4. The maximum absolute atomic E-state index is 12.5.